The fourth-order valence-corrected chi connectivity index (χ4v) is 2.39. The number of hydrogen-bond acceptors (Lipinski definition) is 4. The Hall–Kier alpha value is -1.54. The van der Waals surface area contributed by atoms with E-state index in [0.717, 1.165) is 11.3 Å². The number of nitrogens with zero attached hydrogens (tertiary/aromatic N) is 2. The quantitative estimate of drug-likeness (QED) is 0.831. The predicted molar refractivity (Wildman–Crippen MR) is 77.4 cm³/mol. The average molecular weight is 277 g/mol. The second-order valence-electron chi connectivity index (χ2n) is 4.73. The molecule has 5 heteroatoms. The minimum Gasteiger partial charge on any atom is -0.340 e. The Balaban J connectivity index is 2.26. The second-order valence-corrected chi connectivity index (χ2v) is 5.71. The van der Waals surface area contributed by atoms with Gasteiger partial charge in [0.25, 0.3) is 0 Å². The van der Waals surface area contributed by atoms with E-state index in [2.05, 4.69) is 16.4 Å². The van der Waals surface area contributed by atoms with Crippen LogP contribution in [0.4, 0.5) is 0 Å². The first-order chi connectivity index (χ1) is 9.11. The average Bonchev–Trinajstić information content (AvgIpc) is 2.38. The van der Waals surface area contributed by atoms with E-state index < -0.39 is 0 Å². The number of pyridine rings is 1. The lowest BCUT2D eigenvalue weighted by Crippen LogP contribution is -2.35. The lowest BCUT2D eigenvalue weighted by molar-refractivity contribution is -0.119. The largest absolute Gasteiger partial charge is 0.340 e. The molecular formula is C14H19N3OS. The Morgan fingerprint density at radius 2 is 2.16 bits per heavy atom. The number of carbonyl (C=O) groups excluding carboxylic acids is 1. The molecule has 1 heterocycles. The summed E-state index contributed by atoms with van der Waals surface area (Å²) in [5.41, 5.74) is 1.15. The molecule has 0 aliphatic rings. The van der Waals surface area contributed by atoms with Crippen molar-refractivity contribution >= 4 is 17.7 Å². The van der Waals surface area contributed by atoms with Gasteiger partial charge in [-0.25, -0.2) is 0 Å². The highest BCUT2D eigenvalue weighted by atomic mass is 32.2. The van der Waals surface area contributed by atoms with Crippen LogP contribution in [0.2, 0.25) is 0 Å². The van der Waals surface area contributed by atoms with Crippen molar-refractivity contribution in [1.82, 2.24) is 10.3 Å². The maximum atomic E-state index is 11.7. The van der Waals surface area contributed by atoms with Crippen LogP contribution in [0, 0.1) is 17.2 Å². The standard InChI is InChI=1S/C14H19N3OS/c1-11(2)7-13(8-15)17-14(18)10-19-9-12-3-5-16-6-4-12/h3-6,11,13H,7,9-10H2,1-2H3,(H,17,18)/t13-/m0/s1. The Bertz CT molecular complexity index is 428. The molecule has 102 valence electrons. The van der Waals surface area contributed by atoms with Gasteiger partial charge in [-0.1, -0.05) is 13.8 Å². The fraction of sp³-hybridized carbons (Fsp3) is 0.500. The molecule has 0 aliphatic carbocycles. The summed E-state index contributed by atoms with van der Waals surface area (Å²) in [7, 11) is 0. The van der Waals surface area contributed by atoms with Crippen LogP contribution in [0.5, 0.6) is 0 Å². The third kappa shape index (κ3) is 6.82. The van der Waals surface area contributed by atoms with Crippen LogP contribution in [-0.4, -0.2) is 22.7 Å². The zero-order chi connectivity index (χ0) is 14.1. The van der Waals surface area contributed by atoms with Gasteiger partial charge in [0.05, 0.1) is 11.8 Å². The van der Waals surface area contributed by atoms with Crippen LogP contribution >= 0.6 is 11.8 Å². The third-order valence-electron chi connectivity index (χ3n) is 2.45. The van der Waals surface area contributed by atoms with E-state index in [1.807, 2.05) is 26.0 Å². The lowest BCUT2D eigenvalue weighted by Gasteiger charge is -2.13. The fourth-order valence-electron chi connectivity index (χ4n) is 1.59. The predicted octanol–water partition coefficient (Wildman–Crippen LogP) is 2.37. The molecule has 1 N–H and O–H groups in total. The molecule has 0 saturated heterocycles. The van der Waals surface area contributed by atoms with Crippen LogP contribution < -0.4 is 5.32 Å². The molecule has 1 amide bonds. The van der Waals surface area contributed by atoms with Crippen molar-refractivity contribution in [2.45, 2.75) is 32.1 Å². The van der Waals surface area contributed by atoms with Crippen LogP contribution in [0.25, 0.3) is 0 Å². The SMILES string of the molecule is CC(C)C[C@@H](C#N)NC(=O)CSCc1ccncc1. The monoisotopic (exact) mass is 277 g/mol. The Morgan fingerprint density at radius 3 is 2.74 bits per heavy atom. The lowest BCUT2D eigenvalue weighted by atomic mass is 10.1. The maximum absolute atomic E-state index is 11.7. The molecule has 1 aromatic rings. The molecule has 0 spiro atoms. The van der Waals surface area contributed by atoms with Gasteiger partial charge >= 0.3 is 0 Å². The second kappa shape index (κ2) is 8.54. The van der Waals surface area contributed by atoms with E-state index >= 15 is 0 Å². The zero-order valence-corrected chi connectivity index (χ0v) is 12.1. The van der Waals surface area contributed by atoms with Crippen LogP contribution in [-0.2, 0) is 10.5 Å². The molecule has 1 atom stereocenters. The van der Waals surface area contributed by atoms with Crippen molar-refractivity contribution in [1.29, 1.82) is 5.26 Å². The Morgan fingerprint density at radius 1 is 1.47 bits per heavy atom. The zero-order valence-electron chi connectivity index (χ0n) is 11.3. The summed E-state index contributed by atoms with van der Waals surface area (Å²) >= 11 is 1.54. The van der Waals surface area contributed by atoms with Gasteiger partial charge < -0.3 is 5.32 Å². The number of nitrogens with one attached hydrogen (secondary N) is 1. The van der Waals surface area contributed by atoms with Crippen molar-refractivity contribution in [2.75, 3.05) is 5.75 Å². The summed E-state index contributed by atoms with van der Waals surface area (Å²) in [4.78, 5) is 15.6. The van der Waals surface area contributed by atoms with Gasteiger partial charge in [0.2, 0.25) is 5.91 Å². The number of aromatic nitrogens is 1. The molecule has 0 bridgehead atoms. The van der Waals surface area contributed by atoms with Crippen LogP contribution in [0.15, 0.2) is 24.5 Å². The number of hydrogen-bond donors (Lipinski definition) is 1. The van der Waals surface area contributed by atoms with Gasteiger partial charge in [-0.15, -0.1) is 11.8 Å². The van der Waals surface area contributed by atoms with Gasteiger partial charge in [0.15, 0.2) is 0 Å². The van der Waals surface area contributed by atoms with E-state index in [0.29, 0.717) is 18.1 Å². The summed E-state index contributed by atoms with van der Waals surface area (Å²) in [6.07, 6.45) is 4.17. The molecule has 0 saturated carbocycles. The Kier molecular flexibility index (Phi) is 6.98. The van der Waals surface area contributed by atoms with Crippen LogP contribution in [0.1, 0.15) is 25.8 Å². The molecule has 0 unspecified atom stereocenters. The van der Waals surface area contributed by atoms with E-state index in [-0.39, 0.29) is 11.9 Å². The summed E-state index contributed by atoms with van der Waals surface area (Å²) in [5.74, 6) is 1.47. The van der Waals surface area contributed by atoms with Gasteiger partial charge in [-0.2, -0.15) is 5.26 Å². The van der Waals surface area contributed by atoms with Crippen molar-refractivity contribution in [3.63, 3.8) is 0 Å². The van der Waals surface area contributed by atoms with Crippen molar-refractivity contribution in [3.8, 4) is 6.07 Å². The maximum Gasteiger partial charge on any atom is 0.231 e. The molecule has 0 aliphatic heterocycles. The van der Waals surface area contributed by atoms with E-state index in [4.69, 9.17) is 5.26 Å². The molecule has 0 radical (unpaired) electrons. The highest BCUT2D eigenvalue weighted by Crippen LogP contribution is 2.11. The number of rotatable bonds is 7. The normalized spacial score (nSPS) is 11.9. The minimum absolute atomic E-state index is 0.0775. The minimum atomic E-state index is -0.381. The molecule has 0 fully saturated rings. The van der Waals surface area contributed by atoms with E-state index in [1.165, 1.54) is 11.8 Å². The topological polar surface area (TPSA) is 65.8 Å². The molecule has 1 aromatic heterocycles. The van der Waals surface area contributed by atoms with Crippen molar-refractivity contribution in [2.24, 2.45) is 5.92 Å². The third-order valence-corrected chi connectivity index (χ3v) is 3.45. The molecule has 1 rings (SSSR count). The first-order valence-electron chi connectivity index (χ1n) is 6.27. The number of amides is 1. The highest BCUT2D eigenvalue weighted by Gasteiger charge is 2.12. The first-order valence-corrected chi connectivity index (χ1v) is 7.43. The van der Waals surface area contributed by atoms with E-state index in [9.17, 15) is 4.79 Å². The highest BCUT2D eigenvalue weighted by molar-refractivity contribution is 7.99. The smallest absolute Gasteiger partial charge is 0.231 e. The van der Waals surface area contributed by atoms with Gasteiger partial charge in [0, 0.05) is 18.1 Å². The Labute approximate surface area is 118 Å². The van der Waals surface area contributed by atoms with Crippen molar-refractivity contribution < 1.29 is 4.79 Å². The van der Waals surface area contributed by atoms with Gasteiger partial charge in [0.1, 0.15) is 6.04 Å². The number of carbonyl (C=O) groups is 1. The summed E-state index contributed by atoms with van der Waals surface area (Å²) in [6.45, 7) is 4.07. The summed E-state index contributed by atoms with van der Waals surface area (Å²) < 4.78 is 0. The van der Waals surface area contributed by atoms with E-state index in [1.54, 1.807) is 12.4 Å². The molecule has 19 heavy (non-hydrogen) atoms. The van der Waals surface area contributed by atoms with Gasteiger partial charge in [-0.05, 0) is 30.0 Å². The van der Waals surface area contributed by atoms with Crippen molar-refractivity contribution in [3.05, 3.63) is 30.1 Å². The summed E-state index contributed by atoms with van der Waals surface area (Å²) in [6, 6.07) is 5.61. The molecule has 0 aromatic carbocycles. The molecular weight excluding hydrogens is 258 g/mol. The number of thioether (sulfide) groups is 1. The molecule has 4 nitrogen and oxygen atoms in total. The van der Waals surface area contributed by atoms with Crippen LogP contribution in [0.3, 0.4) is 0 Å². The first kappa shape index (κ1) is 15.5. The van der Waals surface area contributed by atoms with Gasteiger partial charge in [-0.3, -0.25) is 9.78 Å². The number of nitriles is 1. The summed E-state index contributed by atoms with van der Waals surface area (Å²) in [5, 5.41) is 11.7.